The van der Waals surface area contributed by atoms with E-state index >= 15 is 0 Å². The summed E-state index contributed by atoms with van der Waals surface area (Å²) in [6.45, 7) is 9.48. The van der Waals surface area contributed by atoms with Crippen molar-refractivity contribution in [3.05, 3.63) is 12.4 Å². The summed E-state index contributed by atoms with van der Waals surface area (Å²) in [5, 5.41) is 0. The Morgan fingerprint density at radius 1 is 0.302 bits per heavy atom. The molecule has 0 N–H and O–H groups in total. The highest BCUT2D eigenvalue weighted by Gasteiger charge is 2.24. The summed E-state index contributed by atoms with van der Waals surface area (Å²) in [7, 11) is 0. The van der Waals surface area contributed by atoms with Crippen molar-refractivity contribution in [2.24, 2.45) is 0 Å². The predicted octanol–water partition coefficient (Wildman–Crippen LogP) is 14.3. The molecule has 0 radical (unpaired) electrons. The summed E-state index contributed by atoms with van der Waals surface area (Å²) in [6.07, 6.45) is 52.9. The Labute approximate surface area is 273 Å². The predicted molar refractivity (Wildman–Crippen MR) is 196 cm³/mol. The van der Waals surface area contributed by atoms with Crippen LogP contribution >= 0.6 is 0 Å². The van der Waals surface area contributed by atoms with Crippen LogP contribution in [0.5, 0.6) is 0 Å². The fourth-order valence-corrected chi connectivity index (χ4v) is 7.07. The second-order valence-corrected chi connectivity index (χ2v) is 14.3. The third-order valence-corrected chi connectivity index (χ3v) is 10.1. The summed E-state index contributed by atoms with van der Waals surface area (Å²) in [5.41, 5.74) is 0. The molecule has 256 valence electrons. The van der Waals surface area contributed by atoms with Crippen molar-refractivity contribution in [3.8, 4) is 0 Å². The summed E-state index contributed by atoms with van der Waals surface area (Å²) in [6, 6.07) is 0. The zero-order chi connectivity index (χ0) is 30.9. The Hall–Kier alpha value is -0.660. The second-order valence-electron chi connectivity index (χ2n) is 14.3. The van der Waals surface area contributed by atoms with E-state index in [1.54, 1.807) is 0 Å². The van der Waals surface area contributed by atoms with Gasteiger partial charge in [-0.2, -0.15) is 0 Å². The van der Waals surface area contributed by atoms with Crippen LogP contribution in [-0.4, -0.2) is 29.1 Å². The Bertz CT molecular complexity index is 524. The molecule has 0 amide bonds. The maximum absolute atomic E-state index is 2.72. The highest BCUT2D eigenvalue weighted by Crippen LogP contribution is 2.24. The van der Waals surface area contributed by atoms with E-state index in [-0.39, 0.29) is 0 Å². The van der Waals surface area contributed by atoms with Crippen LogP contribution < -0.4 is 0 Å². The van der Waals surface area contributed by atoms with Gasteiger partial charge in [0, 0.05) is 25.5 Å². The Morgan fingerprint density at radius 3 is 0.814 bits per heavy atom. The highest BCUT2D eigenvalue weighted by molar-refractivity contribution is 4.97. The fourth-order valence-electron chi connectivity index (χ4n) is 7.07. The number of hydrogen-bond acceptors (Lipinski definition) is 2. The van der Waals surface area contributed by atoms with Crippen molar-refractivity contribution in [3.63, 3.8) is 0 Å². The summed E-state index contributed by atoms with van der Waals surface area (Å²) < 4.78 is 0. The van der Waals surface area contributed by atoms with E-state index in [2.05, 4.69) is 43.0 Å². The molecule has 0 aliphatic carbocycles. The van der Waals surface area contributed by atoms with Gasteiger partial charge in [-0.15, -0.1) is 0 Å². The minimum absolute atomic E-state index is 0.639. The van der Waals surface area contributed by atoms with Gasteiger partial charge in [-0.1, -0.05) is 207 Å². The molecular weight excluding hydrogens is 520 g/mol. The van der Waals surface area contributed by atoms with Gasteiger partial charge in [-0.3, -0.25) is 0 Å². The first-order valence-electron chi connectivity index (χ1n) is 20.5. The molecule has 1 rings (SSSR count). The van der Waals surface area contributed by atoms with E-state index in [0.717, 1.165) is 0 Å². The van der Waals surface area contributed by atoms with E-state index in [0.29, 0.717) is 6.17 Å². The number of rotatable bonds is 35. The van der Waals surface area contributed by atoms with Crippen molar-refractivity contribution in [2.45, 2.75) is 239 Å². The molecule has 2 heteroatoms. The standard InChI is InChI=1S/C41H82N2/c1-4-7-10-13-16-19-22-23-24-27-30-33-36-41-42(37-34-31-28-25-20-17-14-11-8-5-2)39-40-43(41)38-35-32-29-26-21-18-15-12-9-6-3/h39-41H,4-38H2,1-3H3. The van der Waals surface area contributed by atoms with Gasteiger partial charge in [0.1, 0.15) is 6.17 Å². The molecule has 0 aromatic heterocycles. The van der Waals surface area contributed by atoms with Gasteiger partial charge in [0.15, 0.2) is 0 Å². The van der Waals surface area contributed by atoms with Crippen molar-refractivity contribution in [1.82, 2.24) is 9.80 Å². The van der Waals surface area contributed by atoms with E-state index < -0.39 is 0 Å². The Morgan fingerprint density at radius 2 is 0.535 bits per heavy atom. The quantitative estimate of drug-likeness (QED) is 0.0666. The van der Waals surface area contributed by atoms with Gasteiger partial charge in [0.05, 0.1) is 0 Å². The van der Waals surface area contributed by atoms with E-state index in [4.69, 9.17) is 0 Å². The molecule has 0 aromatic rings. The molecule has 0 bridgehead atoms. The van der Waals surface area contributed by atoms with Gasteiger partial charge in [-0.05, 0) is 25.7 Å². The van der Waals surface area contributed by atoms with Crippen LogP contribution in [0.3, 0.4) is 0 Å². The first kappa shape index (κ1) is 40.4. The summed E-state index contributed by atoms with van der Waals surface area (Å²) in [5.74, 6) is 0. The van der Waals surface area contributed by atoms with Crippen molar-refractivity contribution >= 4 is 0 Å². The second kappa shape index (κ2) is 32.7. The maximum Gasteiger partial charge on any atom is 0.101 e. The van der Waals surface area contributed by atoms with Crippen LogP contribution in [0.1, 0.15) is 233 Å². The topological polar surface area (TPSA) is 6.48 Å². The van der Waals surface area contributed by atoms with Crippen LogP contribution in [0, 0.1) is 0 Å². The van der Waals surface area contributed by atoms with Crippen molar-refractivity contribution in [1.29, 1.82) is 0 Å². The first-order chi connectivity index (χ1) is 21.3. The number of unbranched alkanes of at least 4 members (excludes halogenated alkanes) is 29. The molecule has 0 saturated carbocycles. The molecule has 0 spiro atoms. The SMILES string of the molecule is CCCCCCCCCCCCCCC1N(CCCCCCCCCCCC)C=CN1CCCCCCCCCCCC. The van der Waals surface area contributed by atoms with Gasteiger partial charge in [0.2, 0.25) is 0 Å². The minimum Gasteiger partial charge on any atom is -0.356 e. The lowest BCUT2D eigenvalue weighted by Gasteiger charge is -2.33. The Kier molecular flexibility index (Phi) is 30.7. The van der Waals surface area contributed by atoms with Crippen molar-refractivity contribution in [2.75, 3.05) is 13.1 Å². The van der Waals surface area contributed by atoms with Gasteiger partial charge < -0.3 is 9.80 Å². The lowest BCUT2D eigenvalue weighted by atomic mass is 10.0. The fraction of sp³-hybridized carbons (Fsp3) is 0.951. The monoisotopic (exact) mass is 603 g/mol. The minimum atomic E-state index is 0.639. The van der Waals surface area contributed by atoms with Crippen LogP contribution in [0.15, 0.2) is 12.4 Å². The van der Waals surface area contributed by atoms with Crippen molar-refractivity contribution < 1.29 is 0 Å². The molecule has 1 aliphatic rings. The average Bonchev–Trinajstić information content (AvgIpc) is 3.40. The molecule has 0 saturated heterocycles. The molecule has 0 fully saturated rings. The largest absolute Gasteiger partial charge is 0.356 e. The third-order valence-electron chi connectivity index (χ3n) is 10.1. The molecule has 43 heavy (non-hydrogen) atoms. The van der Waals surface area contributed by atoms with Gasteiger partial charge >= 0.3 is 0 Å². The summed E-state index contributed by atoms with van der Waals surface area (Å²) >= 11 is 0. The molecular formula is C41H82N2. The zero-order valence-corrected chi connectivity index (χ0v) is 30.4. The molecule has 0 aromatic carbocycles. The number of hydrogen-bond donors (Lipinski definition) is 0. The van der Waals surface area contributed by atoms with E-state index in [1.807, 2.05) is 0 Å². The third kappa shape index (κ3) is 25.2. The molecule has 1 heterocycles. The van der Waals surface area contributed by atoms with Crippen LogP contribution in [0.2, 0.25) is 0 Å². The molecule has 0 unspecified atom stereocenters. The zero-order valence-electron chi connectivity index (χ0n) is 30.4. The van der Waals surface area contributed by atoms with E-state index in [9.17, 15) is 0 Å². The molecule has 2 nitrogen and oxygen atoms in total. The highest BCUT2D eigenvalue weighted by atomic mass is 15.4. The average molecular weight is 603 g/mol. The number of nitrogens with zero attached hydrogens (tertiary/aromatic N) is 2. The molecule has 1 aliphatic heterocycles. The van der Waals surface area contributed by atoms with Gasteiger partial charge in [0.25, 0.3) is 0 Å². The Balaban J connectivity index is 2.23. The molecule has 0 atom stereocenters. The van der Waals surface area contributed by atoms with Crippen LogP contribution in [-0.2, 0) is 0 Å². The maximum atomic E-state index is 2.72. The van der Waals surface area contributed by atoms with E-state index in [1.165, 1.54) is 225 Å². The smallest absolute Gasteiger partial charge is 0.101 e. The lowest BCUT2D eigenvalue weighted by Crippen LogP contribution is -2.39. The van der Waals surface area contributed by atoms with Crippen LogP contribution in [0.25, 0.3) is 0 Å². The van der Waals surface area contributed by atoms with Gasteiger partial charge in [-0.25, -0.2) is 0 Å². The lowest BCUT2D eigenvalue weighted by molar-refractivity contribution is 0.135. The van der Waals surface area contributed by atoms with Crippen LogP contribution in [0.4, 0.5) is 0 Å². The normalized spacial score (nSPS) is 13.7. The summed E-state index contributed by atoms with van der Waals surface area (Å²) in [4.78, 5) is 5.44. The first-order valence-corrected chi connectivity index (χ1v) is 20.5.